The number of hydrogen-bond donors (Lipinski definition) is 0. The Kier molecular flexibility index (Phi) is 6.00. The third kappa shape index (κ3) is 4.10. The minimum Gasteiger partial charge on any atom is -0.373 e. The molecule has 3 aliphatic heterocycles. The first-order valence-corrected chi connectivity index (χ1v) is 12.2. The average molecular weight is 429 g/mol. The van der Waals surface area contributed by atoms with Gasteiger partial charge in [-0.2, -0.15) is 17.0 Å². The summed E-state index contributed by atoms with van der Waals surface area (Å²) in [4.78, 5) is 28.8. The highest BCUT2D eigenvalue weighted by Crippen LogP contribution is 2.38. The molecular weight excluding hydrogens is 396 g/mol. The molecule has 0 aromatic rings. The summed E-state index contributed by atoms with van der Waals surface area (Å²) in [7, 11) is -3.53. The van der Waals surface area contributed by atoms with Gasteiger partial charge in [-0.15, -0.1) is 0 Å². The van der Waals surface area contributed by atoms with Gasteiger partial charge in [-0.1, -0.05) is 12.8 Å². The number of morpholine rings is 1. The third-order valence-electron chi connectivity index (χ3n) is 6.64. The Bertz CT molecular complexity index is 718. The number of hydrogen-bond acceptors (Lipinski definition) is 6. The standard InChI is InChI=1S/C19H32N4O5S/c1-14-11-22(12-15(2)28-14)29(26,27)21-9-7-20(8-10-21)13-23-18(24)16-5-3-4-6-17(16)19(23)25/h14-17H,3-13H2,1-2H3/t14-,15-,16-,17-/m1/s1. The van der Waals surface area contributed by atoms with Gasteiger partial charge >= 0.3 is 0 Å². The molecule has 0 aromatic carbocycles. The van der Waals surface area contributed by atoms with Gasteiger partial charge in [0.05, 0.1) is 30.7 Å². The van der Waals surface area contributed by atoms with Crippen LogP contribution >= 0.6 is 0 Å². The fourth-order valence-electron chi connectivity index (χ4n) is 5.15. The van der Waals surface area contributed by atoms with Crippen LogP contribution < -0.4 is 0 Å². The minimum atomic E-state index is -3.53. The van der Waals surface area contributed by atoms with Crippen molar-refractivity contribution >= 4 is 22.0 Å². The van der Waals surface area contributed by atoms with Gasteiger partial charge in [0.25, 0.3) is 10.2 Å². The van der Waals surface area contributed by atoms with Gasteiger partial charge in [-0.05, 0) is 26.7 Å². The topological polar surface area (TPSA) is 90.5 Å². The number of carbonyl (C=O) groups is 2. The number of nitrogens with zero attached hydrogens (tertiary/aromatic N) is 4. The van der Waals surface area contributed by atoms with Crippen LogP contribution in [0.5, 0.6) is 0 Å². The highest BCUT2D eigenvalue weighted by Gasteiger charge is 2.48. The maximum Gasteiger partial charge on any atom is 0.282 e. The Balaban J connectivity index is 1.34. The molecular formula is C19H32N4O5S. The Labute approximate surface area is 173 Å². The summed E-state index contributed by atoms with van der Waals surface area (Å²) in [5.74, 6) is -0.344. The van der Waals surface area contributed by atoms with Gasteiger partial charge < -0.3 is 4.74 Å². The molecule has 29 heavy (non-hydrogen) atoms. The SMILES string of the molecule is C[C@@H]1CN(S(=O)(=O)N2CCN(CN3C(=O)[C@@H]4CCCC[C@H]4C3=O)CC2)C[C@@H](C)O1. The fourth-order valence-corrected chi connectivity index (χ4v) is 6.90. The van der Waals surface area contributed by atoms with Crippen LogP contribution in [0.15, 0.2) is 0 Å². The number of piperazine rings is 1. The van der Waals surface area contributed by atoms with E-state index in [9.17, 15) is 18.0 Å². The lowest BCUT2D eigenvalue weighted by atomic mass is 9.81. The Morgan fingerprint density at radius 3 is 1.90 bits per heavy atom. The molecule has 9 nitrogen and oxygen atoms in total. The smallest absolute Gasteiger partial charge is 0.282 e. The van der Waals surface area contributed by atoms with E-state index in [1.54, 1.807) is 0 Å². The largest absolute Gasteiger partial charge is 0.373 e. The first-order valence-electron chi connectivity index (χ1n) is 10.8. The van der Waals surface area contributed by atoms with Crippen molar-refractivity contribution in [3.05, 3.63) is 0 Å². The van der Waals surface area contributed by atoms with Crippen LogP contribution in [0.25, 0.3) is 0 Å². The number of likely N-dealkylation sites (tertiary alicyclic amines) is 1. The van der Waals surface area contributed by atoms with Crippen LogP contribution in [0.3, 0.4) is 0 Å². The molecule has 4 rings (SSSR count). The van der Waals surface area contributed by atoms with Crippen molar-refractivity contribution in [1.29, 1.82) is 0 Å². The lowest BCUT2D eigenvalue weighted by Gasteiger charge is -2.40. The predicted molar refractivity (Wildman–Crippen MR) is 106 cm³/mol. The summed E-state index contributed by atoms with van der Waals surface area (Å²) in [5, 5.41) is 0. The van der Waals surface area contributed by atoms with E-state index in [-0.39, 0.29) is 42.5 Å². The van der Waals surface area contributed by atoms with Gasteiger partial charge in [-0.25, -0.2) is 0 Å². The lowest BCUT2D eigenvalue weighted by Crippen LogP contribution is -2.58. The van der Waals surface area contributed by atoms with E-state index in [0.29, 0.717) is 39.3 Å². The second-order valence-corrected chi connectivity index (χ2v) is 10.8. The predicted octanol–water partition coefficient (Wildman–Crippen LogP) is 0.0907. The number of fused-ring (bicyclic) bond motifs is 1. The van der Waals surface area contributed by atoms with E-state index in [1.807, 2.05) is 18.7 Å². The zero-order chi connectivity index (χ0) is 20.8. The molecule has 164 valence electrons. The van der Waals surface area contributed by atoms with Crippen LogP contribution in [0.4, 0.5) is 0 Å². The van der Waals surface area contributed by atoms with Crippen LogP contribution in [-0.2, 0) is 24.5 Å². The van der Waals surface area contributed by atoms with E-state index >= 15 is 0 Å². The molecule has 4 atom stereocenters. The van der Waals surface area contributed by atoms with E-state index in [2.05, 4.69) is 0 Å². The molecule has 3 heterocycles. The number of imide groups is 1. The van der Waals surface area contributed by atoms with E-state index in [1.165, 1.54) is 13.5 Å². The molecule has 0 bridgehead atoms. The van der Waals surface area contributed by atoms with Gasteiger partial charge in [0.1, 0.15) is 0 Å². The number of amides is 2. The summed E-state index contributed by atoms with van der Waals surface area (Å²) in [5.41, 5.74) is 0. The average Bonchev–Trinajstić information content (AvgIpc) is 2.93. The van der Waals surface area contributed by atoms with E-state index < -0.39 is 10.2 Å². The first-order chi connectivity index (χ1) is 13.8. The van der Waals surface area contributed by atoms with Gasteiger partial charge in [0, 0.05) is 39.3 Å². The molecule has 1 aliphatic carbocycles. The molecule has 10 heteroatoms. The van der Waals surface area contributed by atoms with Gasteiger partial charge in [0.15, 0.2) is 0 Å². The van der Waals surface area contributed by atoms with E-state index in [4.69, 9.17) is 4.74 Å². The summed E-state index contributed by atoms with van der Waals surface area (Å²) in [6.45, 7) is 6.55. The lowest BCUT2D eigenvalue weighted by molar-refractivity contribution is -0.142. The van der Waals surface area contributed by atoms with Crippen molar-refractivity contribution in [3.8, 4) is 0 Å². The van der Waals surface area contributed by atoms with Crippen LogP contribution in [0.2, 0.25) is 0 Å². The molecule has 4 fully saturated rings. The quantitative estimate of drug-likeness (QED) is 0.590. The molecule has 0 unspecified atom stereocenters. The highest BCUT2D eigenvalue weighted by atomic mass is 32.2. The summed E-state index contributed by atoms with van der Waals surface area (Å²) in [6, 6.07) is 0. The van der Waals surface area contributed by atoms with Crippen LogP contribution in [-0.4, -0.2) is 96.8 Å². The Morgan fingerprint density at radius 1 is 0.862 bits per heavy atom. The Morgan fingerprint density at radius 2 is 1.38 bits per heavy atom. The molecule has 3 saturated heterocycles. The minimum absolute atomic E-state index is 0.0361. The summed E-state index contributed by atoms with van der Waals surface area (Å²) >= 11 is 0. The molecule has 2 amide bonds. The monoisotopic (exact) mass is 428 g/mol. The second-order valence-electron chi connectivity index (χ2n) is 8.84. The van der Waals surface area contributed by atoms with E-state index in [0.717, 1.165) is 25.7 Å². The van der Waals surface area contributed by atoms with Crippen molar-refractivity contribution in [2.75, 3.05) is 45.9 Å². The molecule has 0 N–H and O–H groups in total. The molecule has 0 spiro atoms. The highest BCUT2D eigenvalue weighted by molar-refractivity contribution is 7.86. The second kappa shape index (κ2) is 8.22. The molecule has 0 aromatic heterocycles. The van der Waals surface area contributed by atoms with Crippen molar-refractivity contribution in [2.24, 2.45) is 11.8 Å². The maximum atomic E-state index is 13.0. The van der Waals surface area contributed by atoms with Crippen molar-refractivity contribution in [1.82, 2.24) is 18.4 Å². The summed E-state index contributed by atoms with van der Waals surface area (Å²) in [6.07, 6.45) is 3.42. The maximum absolute atomic E-state index is 13.0. The fraction of sp³-hybridized carbons (Fsp3) is 0.895. The van der Waals surface area contributed by atoms with Crippen molar-refractivity contribution < 1.29 is 22.7 Å². The molecule has 1 saturated carbocycles. The molecule has 0 radical (unpaired) electrons. The van der Waals surface area contributed by atoms with Gasteiger partial charge in [-0.3, -0.25) is 19.4 Å². The number of carbonyl (C=O) groups excluding carboxylic acids is 2. The normalized spacial score (nSPS) is 35.9. The zero-order valence-corrected chi connectivity index (χ0v) is 18.1. The molecule has 4 aliphatic rings. The van der Waals surface area contributed by atoms with Gasteiger partial charge in [0.2, 0.25) is 11.8 Å². The first kappa shape index (κ1) is 21.2. The van der Waals surface area contributed by atoms with Crippen LogP contribution in [0, 0.1) is 11.8 Å². The Hall–Kier alpha value is -1.07. The van der Waals surface area contributed by atoms with Crippen LogP contribution in [0.1, 0.15) is 39.5 Å². The summed E-state index contributed by atoms with van der Waals surface area (Å²) < 4.78 is 34.7. The number of rotatable bonds is 4. The zero-order valence-electron chi connectivity index (χ0n) is 17.3. The third-order valence-corrected chi connectivity index (χ3v) is 8.61. The van der Waals surface area contributed by atoms with Crippen molar-refractivity contribution in [2.45, 2.75) is 51.7 Å². The van der Waals surface area contributed by atoms with Crippen molar-refractivity contribution in [3.63, 3.8) is 0 Å². The number of ether oxygens (including phenoxy) is 1.